The van der Waals surface area contributed by atoms with Crippen LogP contribution in [0, 0.1) is 4.77 Å². The van der Waals surface area contributed by atoms with Gasteiger partial charge in [0.1, 0.15) is 5.82 Å². The lowest BCUT2D eigenvalue weighted by molar-refractivity contribution is 0.635. The maximum absolute atomic E-state index is 5.05. The van der Waals surface area contributed by atoms with E-state index in [2.05, 4.69) is 28.6 Å². The number of rotatable bonds is 3. The molecule has 0 fully saturated rings. The maximum Gasteiger partial charge on any atom is 0.195 e. The van der Waals surface area contributed by atoms with Crippen LogP contribution in [0.2, 0.25) is 0 Å². The van der Waals surface area contributed by atoms with Gasteiger partial charge < -0.3 is 4.57 Å². The summed E-state index contributed by atoms with van der Waals surface area (Å²) < 4.78 is 2.79. The van der Waals surface area contributed by atoms with Gasteiger partial charge in [0.25, 0.3) is 0 Å². The van der Waals surface area contributed by atoms with Crippen molar-refractivity contribution in [1.29, 1.82) is 0 Å². The van der Waals surface area contributed by atoms with Crippen molar-refractivity contribution in [1.82, 2.24) is 14.8 Å². The van der Waals surface area contributed by atoms with Crippen LogP contribution in [0.15, 0.2) is 0 Å². The molecule has 0 spiro atoms. The Bertz CT molecular complexity index is 273. The van der Waals surface area contributed by atoms with Gasteiger partial charge in [-0.15, -0.1) is 0 Å². The Morgan fingerprint density at radius 2 is 2.27 bits per heavy atom. The van der Waals surface area contributed by atoms with E-state index in [1.807, 2.05) is 0 Å². The number of aromatic amines is 1. The van der Waals surface area contributed by atoms with Gasteiger partial charge in [-0.1, -0.05) is 13.8 Å². The van der Waals surface area contributed by atoms with Crippen molar-refractivity contribution in [3.8, 4) is 0 Å². The third-order valence-electron chi connectivity index (χ3n) is 1.60. The third-order valence-corrected chi connectivity index (χ3v) is 1.91. The highest BCUT2D eigenvalue weighted by molar-refractivity contribution is 7.71. The standard InChI is InChI=1S/C7H13N3S/c1-3-5-10-6(4-2)8-9-7(10)11/h3-5H2,1-2H3,(H,9,11). The Morgan fingerprint density at radius 3 is 2.82 bits per heavy atom. The van der Waals surface area contributed by atoms with E-state index in [4.69, 9.17) is 12.2 Å². The highest BCUT2D eigenvalue weighted by Gasteiger charge is 2.00. The molecule has 0 bridgehead atoms. The summed E-state index contributed by atoms with van der Waals surface area (Å²) in [4.78, 5) is 0. The van der Waals surface area contributed by atoms with Gasteiger partial charge in [0.05, 0.1) is 0 Å². The van der Waals surface area contributed by atoms with Crippen LogP contribution >= 0.6 is 12.2 Å². The molecule has 0 amide bonds. The fourth-order valence-corrected chi connectivity index (χ4v) is 1.32. The van der Waals surface area contributed by atoms with E-state index in [1.54, 1.807) is 0 Å². The summed E-state index contributed by atoms with van der Waals surface area (Å²) in [6.45, 7) is 5.18. The molecule has 0 aliphatic heterocycles. The number of hydrogen-bond acceptors (Lipinski definition) is 2. The second-order valence-corrected chi connectivity index (χ2v) is 2.84. The summed E-state index contributed by atoms with van der Waals surface area (Å²) in [5.74, 6) is 1.05. The van der Waals surface area contributed by atoms with E-state index in [-0.39, 0.29) is 0 Å². The van der Waals surface area contributed by atoms with Crippen molar-refractivity contribution in [2.75, 3.05) is 0 Å². The number of aromatic nitrogens is 3. The summed E-state index contributed by atoms with van der Waals surface area (Å²) in [5.41, 5.74) is 0. The molecule has 3 nitrogen and oxygen atoms in total. The molecular weight excluding hydrogens is 158 g/mol. The van der Waals surface area contributed by atoms with Crippen LogP contribution < -0.4 is 0 Å². The molecule has 0 aromatic carbocycles. The van der Waals surface area contributed by atoms with Gasteiger partial charge >= 0.3 is 0 Å². The lowest BCUT2D eigenvalue weighted by Crippen LogP contribution is -2.01. The van der Waals surface area contributed by atoms with Crippen LogP contribution in [0.5, 0.6) is 0 Å². The van der Waals surface area contributed by atoms with Gasteiger partial charge in [-0.05, 0) is 18.6 Å². The van der Waals surface area contributed by atoms with E-state index in [1.165, 1.54) is 0 Å². The number of aryl methyl sites for hydroxylation is 1. The lowest BCUT2D eigenvalue weighted by Gasteiger charge is -2.00. The van der Waals surface area contributed by atoms with E-state index < -0.39 is 0 Å². The highest BCUT2D eigenvalue weighted by atomic mass is 32.1. The first-order valence-corrected chi connectivity index (χ1v) is 4.34. The monoisotopic (exact) mass is 171 g/mol. The van der Waals surface area contributed by atoms with Gasteiger partial charge in [-0.25, -0.2) is 0 Å². The third kappa shape index (κ3) is 1.68. The molecule has 1 rings (SSSR count). The van der Waals surface area contributed by atoms with Crippen LogP contribution in [-0.4, -0.2) is 14.8 Å². The molecule has 1 N–H and O–H groups in total. The minimum Gasteiger partial charge on any atom is -0.304 e. The summed E-state index contributed by atoms with van der Waals surface area (Å²) in [7, 11) is 0. The molecule has 0 aliphatic carbocycles. The molecule has 0 saturated carbocycles. The predicted molar refractivity (Wildman–Crippen MR) is 47.1 cm³/mol. The molecule has 4 heteroatoms. The van der Waals surface area contributed by atoms with Crippen molar-refractivity contribution in [3.05, 3.63) is 10.6 Å². The minimum absolute atomic E-state index is 0.740. The average molecular weight is 171 g/mol. The number of hydrogen-bond donors (Lipinski definition) is 1. The quantitative estimate of drug-likeness (QED) is 0.705. The van der Waals surface area contributed by atoms with Crippen LogP contribution in [0.1, 0.15) is 26.1 Å². The van der Waals surface area contributed by atoms with Gasteiger partial charge in [-0.3, -0.25) is 5.10 Å². The molecule has 0 radical (unpaired) electrons. The second kappa shape index (κ2) is 3.67. The van der Waals surface area contributed by atoms with Crippen molar-refractivity contribution < 1.29 is 0 Å². The fraction of sp³-hybridized carbons (Fsp3) is 0.714. The van der Waals surface area contributed by atoms with Crippen molar-refractivity contribution >= 4 is 12.2 Å². The Labute approximate surface area is 71.4 Å². The molecular formula is C7H13N3S. The summed E-state index contributed by atoms with van der Waals surface area (Å²) >= 11 is 5.05. The number of nitrogens with one attached hydrogen (secondary N) is 1. The van der Waals surface area contributed by atoms with Gasteiger partial charge in [0.15, 0.2) is 4.77 Å². The number of H-pyrrole nitrogens is 1. The minimum atomic E-state index is 0.740. The zero-order valence-corrected chi connectivity index (χ0v) is 7.74. The smallest absolute Gasteiger partial charge is 0.195 e. The lowest BCUT2D eigenvalue weighted by atomic mass is 10.4. The van der Waals surface area contributed by atoms with E-state index in [0.29, 0.717) is 0 Å². The highest BCUT2D eigenvalue weighted by Crippen LogP contribution is 1.99. The Hall–Kier alpha value is -0.640. The zero-order valence-electron chi connectivity index (χ0n) is 6.92. The Balaban J connectivity index is 2.97. The second-order valence-electron chi connectivity index (χ2n) is 2.45. The Morgan fingerprint density at radius 1 is 1.55 bits per heavy atom. The topological polar surface area (TPSA) is 33.6 Å². The first-order valence-electron chi connectivity index (χ1n) is 3.93. The van der Waals surface area contributed by atoms with E-state index in [0.717, 1.165) is 30.0 Å². The molecule has 1 aromatic rings. The summed E-state index contributed by atoms with van der Waals surface area (Å²) in [6.07, 6.45) is 2.04. The molecule has 0 saturated heterocycles. The van der Waals surface area contributed by atoms with Crippen molar-refractivity contribution in [3.63, 3.8) is 0 Å². The van der Waals surface area contributed by atoms with Gasteiger partial charge in [0, 0.05) is 13.0 Å². The van der Waals surface area contributed by atoms with Gasteiger partial charge in [0.2, 0.25) is 0 Å². The summed E-state index contributed by atoms with van der Waals surface area (Å²) in [5, 5.41) is 6.89. The predicted octanol–water partition coefficient (Wildman–Crippen LogP) is 1.91. The molecule has 62 valence electrons. The molecule has 0 unspecified atom stereocenters. The first kappa shape index (κ1) is 8.46. The number of nitrogens with zero attached hydrogens (tertiary/aromatic N) is 2. The van der Waals surface area contributed by atoms with Gasteiger partial charge in [-0.2, -0.15) is 5.10 Å². The summed E-state index contributed by atoms with van der Waals surface area (Å²) in [6, 6.07) is 0. The maximum atomic E-state index is 5.05. The molecule has 0 aliphatic rings. The van der Waals surface area contributed by atoms with E-state index >= 15 is 0 Å². The SMILES string of the molecule is CCCn1c(CC)n[nH]c1=S. The fourth-order valence-electron chi connectivity index (χ4n) is 1.07. The van der Waals surface area contributed by atoms with Crippen LogP contribution in [0.3, 0.4) is 0 Å². The molecule has 1 heterocycles. The van der Waals surface area contributed by atoms with Crippen molar-refractivity contribution in [2.24, 2.45) is 0 Å². The molecule has 0 atom stereocenters. The van der Waals surface area contributed by atoms with Crippen LogP contribution in [-0.2, 0) is 13.0 Å². The molecule has 1 aromatic heterocycles. The van der Waals surface area contributed by atoms with Crippen LogP contribution in [0.4, 0.5) is 0 Å². The zero-order chi connectivity index (χ0) is 8.27. The average Bonchev–Trinajstić information content (AvgIpc) is 2.34. The largest absolute Gasteiger partial charge is 0.304 e. The van der Waals surface area contributed by atoms with Crippen LogP contribution in [0.25, 0.3) is 0 Å². The van der Waals surface area contributed by atoms with E-state index in [9.17, 15) is 0 Å². The van der Waals surface area contributed by atoms with Crippen molar-refractivity contribution in [2.45, 2.75) is 33.2 Å². The Kier molecular flexibility index (Phi) is 2.82. The normalized spacial score (nSPS) is 10.4. The first-order chi connectivity index (χ1) is 5.29. The molecule has 11 heavy (non-hydrogen) atoms.